The van der Waals surface area contributed by atoms with E-state index < -0.39 is 0 Å². The van der Waals surface area contributed by atoms with E-state index in [4.69, 9.17) is 0 Å². The fourth-order valence-electron chi connectivity index (χ4n) is 2.39. The van der Waals surface area contributed by atoms with E-state index in [9.17, 15) is 10.1 Å². The molecule has 0 aliphatic carbocycles. The van der Waals surface area contributed by atoms with Gasteiger partial charge in [-0.15, -0.1) is 0 Å². The van der Waals surface area contributed by atoms with Crippen LogP contribution in [0.5, 0.6) is 0 Å². The maximum atomic E-state index is 10.9. The third kappa shape index (κ3) is 2.66. The van der Waals surface area contributed by atoms with Gasteiger partial charge in [0.2, 0.25) is 0 Å². The summed E-state index contributed by atoms with van der Waals surface area (Å²) in [6.07, 6.45) is 1.16. The Kier molecular flexibility index (Phi) is 3.61. The Hall–Kier alpha value is -1.10. The van der Waals surface area contributed by atoms with Crippen molar-refractivity contribution in [2.75, 3.05) is 18.0 Å². The summed E-state index contributed by atoms with van der Waals surface area (Å²) in [5.41, 5.74) is 2.34. The Balaban J connectivity index is 2.28. The average Bonchev–Trinajstić information content (AvgIpc) is 2.68. The Morgan fingerprint density at radius 1 is 1.50 bits per heavy atom. The smallest absolute Gasteiger partial charge is 0.273 e. The zero-order chi connectivity index (χ0) is 13.3. The van der Waals surface area contributed by atoms with E-state index >= 15 is 0 Å². The van der Waals surface area contributed by atoms with E-state index in [2.05, 4.69) is 34.7 Å². The number of nitro groups is 1. The molecule has 1 aromatic rings. The van der Waals surface area contributed by atoms with E-state index in [1.165, 1.54) is 0 Å². The van der Waals surface area contributed by atoms with Crippen molar-refractivity contribution in [2.24, 2.45) is 5.41 Å². The van der Waals surface area contributed by atoms with Crippen LogP contribution in [-0.4, -0.2) is 18.0 Å². The number of benzene rings is 1. The van der Waals surface area contributed by atoms with Gasteiger partial charge in [0.1, 0.15) is 0 Å². The Morgan fingerprint density at radius 3 is 2.72 bits per heavy atom. The van der Waals surface area contributed by atoms with Gasteiger partial charge in [0.05, 0.1) is 4.92 Å². The number of nitro benzene ring substituents is 1. The minimum absolute atomic E-state index is 0.189. The summed E-state index contributed by atoms with van der Waals surface area (Å²) in [6, 6.07) is 5.39. The first-order valence-corrected chi connectivity index (χ1v) is 7.13. The molecular formula is C13H17BrN2O2. The van der Waals surface area contributed by atoms with Gasteiger partial charge in [-0.05, 0) is 24.0 Å². The predicted octanol–water partition coefficient (Wildman–Crippen LogP) is 3.73. The van der Waals surface area contributed by atoms with E-state index in [0.29, 0.717) is 10.7 Å². The van der Waals surface area contributed by atoms with Gasteiger partial charge in [-0.1, -0.05) is 29.8 Å². The second kappa shape index (κ2) is 4.88. The minimum atomic E-state index is -0.325. The summed E-state index contributed by atoms with van der Waals surface area (Å²) in [4.78, 5) is 12.9. The first-order valence-electron chi connectivity index (χ1n) is 6.01. The number of nitrogens with zero attached hydrogens (tertiary/aromatic N) is 2. The van der Waals surface area contributed by atoms with Crippen molar-refractivity contribution in [1.82, 2.24) is 0 Å². The molecule has 18 heavy (non-hydrogen) atoms. The van der Waals surface area contributed by atoms with E-state index in [1.54, 1.807) is 6.07 Å². The summed E-state index contributed by atoms with van der Waals surface area (Å²) in [7, 11) is 0. The van der Waals surface area contributed by atoms with Gasteiger partial charge in [-0.2, -0.15) is 0 Å². The fraction of sp³-hybridized carbons (Fsp3) is 0.538. The molecule has 0 radical (unpaired) electrons. The lowest BCUT2D eigenvalue weighted by atomic mass is 9.93. The van der Waals surface area contributed by atoms with Crippen molar-refractivity contribution in [2.45, 2.75) is 25.6 Å². The van der Waals surface area contributed by atoms with Crippen molar-refractivity contribution in [3.8, 4) is 0 Å². The molecule has 1 heterocycles. The SMILES string of the molecule is CC1(C)CCN(c2ccc([N+](=O)[O-])c(CBr)c2)C1. The van der Waals surface area contributed by atoms with Crippen LogP contribution in [0.15, 0.2) is 18.2 Å². The van der Waals surface area contributed by atoms with Crippen LogP contribution >= 0.6 is 15.9 Å². The molecule has 0 aromatic heterocycles. The third-order valence-corrected chi connectivity index (χ3v) is 4.05. The normalized spacial score (nSPS) is 18.1. The zero-order valence-electron chi connectivity index (χ0n) is 10.6. The van der Waals surface area contributed by atoms with Crippen LogP contribution in [0.25, 0.3) is 0 Å². The van der Waals surface area contributed by atoms with Gasteiger partial charge in [-0.3, -0.25) is 10.1 Å². The van der Waals surface area contributed by atoms with Crippen molar-refractivity contribution >= 4 is 27.3 Å². The van der Waals surface area contributed by atoms with E-state index in [0.717, 1.165) is 30.8 Å². The van der Waals surface area contributed by atoms with Crippen molar-refractivity contribution < 1.29 is 4.92 Å². The Labute approximate surface area is 115 Å². The highest BCUT2D eigenvalue weighted by Crippen LogP contribution is 2.34. The molecule has 0 spiro atoms. The van der Waals surface area contributed by atoms with E-state index in [-0.39, 0.29) is 10.6 Å². The van der Waals surface area contributed by atoms with Gasteiger partial charge < -0.3 is 4.90 Å². The van der Waals surface area contributed by atoms with Crippen molar-refractivity contribution in [1.29, 1.82) is 0 Å². The highest BCUT2D eigenvalue weighted by atomic mass is 79.9. The van der Waals surface area contributed by atoms with Gasteiger partial charge >= 0.3 is 0 Å². The molecule has 1 fully saturated rings. The monoisotopic (exact) mass is 312 g/mol. The summed E-state index contributed by atoms with van der Waals surface area (Å²) in [6.45, 7) is 6.53. The molecule has 5 heteroatoms. The molecule has 1 aliphatic rings. The van der Waals surface area contributed by atoms with Crippen LogP contribution < -0.4 is 4.90 Å². The molecule has 1 aromatic carbocycles. The van der Waals surface area contributed by atoms with Crippen LogP contribution in [0, 0.1) is 15.5 Å². The minimum Gasteiger partial charge on any atom is -0.371 e. The molecule has 0 saturated carbocycles. The number of alkyl halides is 1. The number of rotatable bonds is 3. The van der Waals surface area contributed by atoms with Gasteiger partial charge in [0, 0.05) is 35.7 Å². The number of hydrogen-bond donors (Lipinski definition) is 0. The lowest BCUT2D eigenvalue weighted by Gasteiger charge is -2.22. The lowest BCUT2D eigenvalue weighted by molar-refractivity contribution is -0.385. The summed E-state index contributed by atoms with van der Waals surface area (Å²) < 4.78 is 0. The molecule has 0 amide bonds. The van der Waals surface area contributed by atoms with Gasteiger partial charge in [0.15, 0.2) is 0 Å². The largest absolute Gasteiger partial charge is 0.371 e. The highest BCUT2D eigenvalue weighted by Gasteiger charge is 2.29. The standard InChI is InChI=1S/C13H17BrN2O2/c1-13(2)5-6-15(9-13)11-3-4-12(16(17)18)10(7-11)8-14/h3-4,7H,5-6,8-9H2,1-2H3. The average molecular weight is 313 g/mol. The Bertz CT molecular complexity index is 474. The fourth-order valence-corrected chi connectivity index (χ4v) is 2.84. The molecule has 0 unspecified atom stereocenters. The quantitative estimate of drug-likeness (QED) is 0.485. The molecule has 98 valence electrons. The molecule has 1 saturated heterocycles. The Morgan fingerprint density at radius 2 is 2.22 bits per heavy atom. The topological polar surface area (TPSA) is 46.4 Å². The molecular weight excluding hydrogens is 296 g/mol. The second-order valence-corrected chi connectivity index (χ2v) is 6.10. The third-order valence-electron chi connectivity index (χ3n) is 3.45. The summed E-state index contributed by atoms with van der Waals surface area (Å²) in [5.74, 6) is 0. The summed E-state index contributed by atoms with van der Waals surface area (Å²) in [5, 5.41) is 11.4. The van der Waals surface area contributed by atoms with Crippen LogP contribution in [0.2, 0.25) is 0 Å². The molecule has 0 N–H and O–H groups in total. The van der Waals surface area contributed by atoms with E-state index in [1.807, 2.05) is 12.1 Å². The first kappa shape index (κ1) is 13.3. The number of anilines is 1. The molecule has 0 bridgehead atoms. The highest BCUT2D eigenvalue weighted by molar-refractivity contribution is 9.08. The second-order valence-electron chi connectivity index (χ2n) is 5.54. The van der Waals surface area contributed by atoms with Gasteiger partial charge in [0.25, 0.3) is 5.69 Å². The molecule has 2 rings (SSSR count). The summed E-state index contributed by atoms with van der Waals surface area (Å²) >= 11 is 3.32. The maximum Gasteiger partial charge on any atom is 0.273 e. The van der Waals surface area contributed by atoms with Crippen LogP contribution in [-0.2, 0) is 5.33 Å². The lowest BCUT2D eigenvalue weighted by Crippen LogP contribution is -2.22. The molecule has 4 nitrogen and oxygen atoms in total. The van der Waals surface area contributed by atoms with Crippen molar-refractivity contribution in [3.63, 3.8) is 0 Å². The maximum absolute atomic E-state index is 10.9. The first-order chi connectivity index (χ1) is 8.43. The van der Waals surface area contributed by atoms with Crippen LogP contribution in [0.1, 0.15) is 25.8 Å². The molecule has 1 aliphatic heterocycles. The van der Waals surface area contributed by atoms with Crippen LogP contribution in [0.4, 0.5) is 11.4 Å². The van der Waals surface area contributed by atoms with Crippen LogP contribution in [0.3, 0.4) is 0 Å². The predicted molar refractivity (Wildman–Crippen MR) is 76.3 cm³/mol. The van der Waals surface area contributed by atoms with Crippen molar-refractivity contribution in [3.05, 3.63) is 33.9 Å². The van der Waals surface area contributed by atoms with Gasteiger partial charge in [-0.25, -0.2) is 0 Å². The number of halogens is 1. The number of hydrogen-bond acceptors (Lipinski definition) is 3. The zero-order valence-corrected chi connectivity index (χ0v) is 12.2. The molecule has 0 atom stereocenters.